The minimum absolute atomic E-state index is 0.118. The Kier molecular flexibility index (Phi) is 5.13. The number of nitrogens with zero attached hydrogens (tertiary/aromatic N) is 4. The van der Waals surface area contributed by atoms with Crippen LogP contribution in [0.25, 0.3) is 11.3 Å². The van der Waals surface area contributed by atoms with Crippen LogP contribution >= 0.6 is 0 Å². The minimum Gasteiger partial charge on any atom is -0.370 e. The van der Waals surface area contributed by atoms with Gasteiger partial charge in [0.1, 0.15) is 11.6 Å². The summed E-state index contributed by atoms with van der Waals surface area (Å²) in [6.45, 7) is 7.38. The number of amides is 1. The van der Waals surface area contributed by atoms with E-state index in [-0.39, 0.29) is 11.9 Å². The summed E-state index contributed by atoms with van der Waals surface area (Å²) < 4.78 is 5.29. The largest absolute Gasteiger partial charge is 0.370 e. The fraction of sp³-hybridized carbons (Fsp3) is 0.556. The topological polar surface area (TPSA) is 98.1 Å². The molecule has 3 rings (SSSR count). The van der Waals surface area contributed by atoms with Crippen LogP contribution in [0.5, 0.6) is 0 Å². The van der Waals surface area contributed by atoms with E-state index in [1.165, 1.54) is 0 Å². The van der Waals surface area contributed by atoms with Gasteiger partial charge in [-0.1, -0.05) is 11.6 Å². The maximum atomic E-state index is 11.2. The Bertz CT molecular complexity index is 751. The highest BCUT2D eigenvalue weighted by molar-refractivity contribution is 5.73. The highest BCUT2D eigenvalue weighted by Crippen LogP contribution is 2.32. The molecule has 7 nitrogen and oxygen atoms in total. The predicted octanol–water partition coefficient (Wildman–Crippen LogP) is 2.46. The van der Waals surface area contributed by atoms with Crippen molar-refractivity contribution in [2.45, 2.75) is 52.5 Å². The fourth-order valence-electron chi connectivity index (χ4n) is 3.52. The summed E-state index contributed by atoms with van der Waals surface area (Å²) in [5, 5.41) is 4.03. The van der Waals surface area contributed by atoms with Gasteiger partial charge >= 0.3 is 0 Å². The lowest BCUT2D eigenvalue weighted by atomic mass is 10.0. The van der Waals surface area contributed by atoms with Gasteiger partial charge in [0.2, 0.25) is 5.91 Å². The van der Waals surface area contributed by atoms with Gasteiger partial charge in [-0.05, 0) is 46.2 Å². The number of piperidine rings is 1. The second kappa shape index (κ2) is 7.31. The van der Waals surface area contributed by atoms with Crippen molar-refractivity contribution in [2.75, 3.05) is 13.1 Å². The Labute approximate surface area is 147 Å². The number of aromatic nitrogens is 3. The van der Waals surface area contributed by atoms with Crippen molar-refractivity contribution in [1.82, 2.24) is 20.0 Å². The number of aryl methyl sites for hydroxylation is 3. The first-order valence-electron chi connectivity index (χ1n) is 8.77. The first kappa shape index (κ1) is 17.5. The first-order valence-corrected chi connectivity index (χ1v) is 8.77. The standard InChI is InChI=1S/C18H25N5O2/c1-11-10-14(17-12(2)22-25-13(17)3)21-18(20-11)15-6-4-5-8-23(15)9-7-16(19)24/h10,15H,4-9H2,1-3H3,(H2,19,24). The van der Waals surface area contributed by atoms with Crippen LogP contribution in [-0.4, -0.2) is 39.0 Å². The molecule has 0 aliphatic carbocycles. The van der Waals surface area contributed by atoms with Crippen molar-refractivity contribution >= 4 is 5.91 Å². The predicted molar refractivity (Wildman–Crippen MR) is 93.7 cm³/mol. The van der Waals surface area contributed by atoms with Crippen molar-refractivity contribution in [3.63, 3.8) is 0 Å². The Morgan fingerprint density at radius 1 is 1.32 bits per heavy atom. The monoisotopic (exact) mass is 343 g/mol. The van der Waals surface area contributed by atoms with Crippen molar-refractivity contribution in [3.05, 3.63) is 29.0 Å². The molecule has 1 fully saturated rings. The van der Waals surface area contributed by atoms with E-state index in [0.29, 0.717) is 13.0 Å². The van der Waals surface area contributed by atoms with Crippen molar-refractivity contribution in [3.8, 4) is 11.3 Å². The Morgan fingerprint density at radius 3 is 2.80 bits per heavy atom. The number of rotatable bonds is 5. The third-order valence-corrected chi connectivity index (χ3v) is 4.72. The highest BCUT2D eigenvalue weighted by Gasteiger charge is 2.27. The molecule has 0 saturated carbocycles. The summed E-state index contributed by atoms with van der Waals surface area (Å²) >= 11 is 0. The average Bonchev–Trinajstić information content (AvgIpc) is 2.91. The molecular weight excluding hydrogens is 318 g/mol. The lowest BCUT2D eigenvalue weighted by molar-refractivity contribution is -0.118. The maximum Gasteiger partial charge on any atom is 0.218 e. The van der Waals surface area contributed by atoms with Gasteiger partial charge in [0.05, 0.1) is 23.0 Å². The number of nitrogens with two attached hydrogens (primary N) is 1. The van der Waals surface area contributed by atoms with Crippen LogP contribution in [0, 0.1) is 20.8 Å². The summed E-state index contributed by atoms with van der Waals surface area (Å²) in [4.78, 5) is 23.0. The van der Waals surface area contributed by atoms with Crippen molar-refractivity contribution in [1.29, 1.82) is 0 Å². The molecule has 1 atom stereocenters. The number of carbonyl (C=O) groups excluding carboxylic acids is 1. The van der Waals surface area contributed by atoms with Crippen LogP contribution in [-0.2, 0) is 4.79 Å². The third-order valence-electron chi connectivity index (χ3n) is 4.72. The molecule has 25 heavy (non-hydrogen) atoms. The normalized spacial score (nSPS) is 18.4. The molecule has 0 aromatic carbocycles. The number of primary amides is 1. The molecule has 0 spiro atoms. The average molecular weight is 343 g/mol. The Morgan fingerprint density at radius 2 is 2.12 bits per heavy atom. The van der Waals surface area contributed by atoms with Crippen LogP contribution in [0.2, 0.25) is 0 Å². The zero-order chi connectivity index (χ0) is 18.0. The van der Waals surface area contributed by atoms with E-state index in [2.05, 4.69) is 15.0 Å². The van der Waals surface area contributed by atoms with Gasteiger partial charge < -0.3 is 10.3 Å². The summed E-state index contributed by atoms with van der Waals surface area (Å²) in [6, 6.07) is 2.08. The molecule has 0 radical (unpaired) electrons. The zero-order valence-electron chi connectivity index (χ0n) is 15.1. The van der Waals surface area contributed by atoms with Gasteiger partial charge in [-0.25, -0.2) is 9.97 Å². The maximum absolute atomic E-state index is 11.2. The van der Waals surface area contributed by atoms with E-state index in [1.807, 2.05) is 26.8 Å². The highest BCUT2D eigenvalue weighted by atomic mass is 16.5. The molecule has 2 aromatic rings. The molecule has 2 N–H and O–H groups in total. The molecule has 1 amide bonds. The van der Waals surface area contributed by atoms with E-state index in [4.69, 9.17) is 15.2 Å². The molecular formula is C18H25N5O2. The van der Waals surface area contributed by atoms with Gasteiger partial charge in [0.15, 0.2) is 0 Å². The summed E-state index contributed by atoms with van der Waals surface area (Å²) in [7, 11) is 0. The number of hydrogen-bond donors (Lipinski definition) is 1. The molecule has 0 bridgehead atoms. The van der Waals surface area contributed by atoms with E-state index in [0.717, 1.165) is 60.0 Å². The number of carbonyl (C=O) groups is 1. The second-order valence-electron chi connectivity index (χ2n) is 6.72. The molecule has 3 heterocycles. The van der Waals surface area contributed by atoms with Crippen LogP contribution in [0.15, 0.2) is 10.6 Å². The smallest absolute Gasteiger partial charge is 0.218 e. The number of likely N-dealkylation sites (tertiary alicyclic amines) is 1. The quantitative estimate of drug-likeness (QED) is 0.895. The lowest BCUT2D eigenvalue weighted by Crippen LogP contribution is -2.36. The lowest BCUT2D eigenvalue weighted by Gasteiger charge is -2.34. The Balaban J connectivity index is 1.94. The summed E-state index contributed by atoms with van der Waals surface area (Å²) in [6.07, 6.45) is 3.61. The molecule has 1 aliphatic heterocycles. The van der Waals surface area contributed by atoms with E-state index in [9.17, 15) is 4.79 Å². The van der Waals surface area contributed by atoms with Gasteiger partial charge in [-0.15, -0.1) is 0 Å². The van der Waals surface area contributed by atoms with Crippen LogP contribution in [0.3, 0.4) is 0 Å². The van der Waals surface area contributed by atoms with E-state index in [1.54, 1.807) is 0 Å². The van der Waals surface area contributed by atoms with Gasteiger partial charge in [0.25, 0.3) is 0 Å². The molecule has 7 heteroatoms. The van der Waals surface area contributed by atoms with Crippen molar-refractivity contribution in [2.24, 2.45) is 5.73 Å². The third kappa shape index (κ3) is 3.87. The fourth-order valence-corrected chi connectivity index (χ4v) is 3.52. The van der Waals surface area contributed by atoms with Crippen LogP contribution < -0.4 is 5.73 Å². The second-order valence-corrected chi connectivity index (χ2v) is 6.72. The molecule has 134 valence electrons. The molecule has 2 aromatic heterocycles. The van der Waals surface area contributed by atoms with Crippen molar-refractivity contribution < 1.29 is 9.32 Å². The summed E-state index contributed by atoms with van der Waals surface area (Å²) in [5.74, 6) is 1.29. The van der Waals surface area contributed by atoms with Gasteiger partial charge in [0, 0.05) is 18.7 Å². The van der Waals surface area contributed by atoms with Crippen LogP contribution in [0.4, 0.5) is 0 Å². The Hall–Kier alpha value is -2.28. The molecule has 1 saturated heterocycles. The number of hydrogen-bond acceptors (Lipinski definition) is 6. The van der Waals surface area contributed by atoms with Gasteiger partial charge in [-0.3, -0.25) is 9.69 Å². The molecule has 1 aliphatic rings. The van der Waals surface area contributed by atoms with E-state index < -0.39 is 0 Å². The zero-order valence-corrected chi connectivity index (χ0v) is 15.1. The van der Waals surface area contributed by atoms with E-state index >= 15 is 0 Å². The van der Waals surface area contributed by atoms with Gasteiger partial charge in [-0.2, -0.15) is 0 Å². The molecule has 1 unspecified atom stereocenters. The van der Waals surface area contributed by atoms with Crippen LogP contribution in [0.1, 0.15) is 54.7 Å². The first-order chi connectivity index (χ1) is 12.0. The minimum atomic E-state index is -0.272. The SMILES string of the molecule is Cc1cc(-c2c(C)noc2C)nc(C2CCCCN2CCC(N)=O)n1. The summed E-state index contributed by atoms with van der Waals surface area (Å²) in [5.41, 5.74) is 8.85.